The van der Waals surface area contributed by atoms with Crippen molar-refractivity contribution in [3.8, 4) is 0 Å². The summed E-state index contributed by atoms with van der Waals surface area (Å²) in [7, 11) is -0.465. The lowest BCUT2D eigenvalue weighted by molar-refractivity contribution is 0.0827. The molecule has 3 aromatic carbocycles. The topological polar surface area (TPSA) is 95.6 Å². The Morgan fingerprint density at radius 1 is 0.767 bits per heavy atom. The first-order valence-electron chi connectivity index (χ1n) is 9.07. The molecule has 154 valence electrons. The summed E-state index contributed by atoms with van der Waals surface area (Å²) in [6, 6.07) is 20.7. The van der Waals surface area contributed by atoms with Crippen molar-refractivity contribution < 1.29 is 18.0 Å². The summed E-state index contributed by atoms with van der Waals surface area (Å²) in [5.41, 5.74) is 1.66. The van der Waals surface area contributed by atoms with Crippen LogP contribution >= 0.6 is 0 Å². The molecule has 3 rings (SSSR count). The van der Waals surface area contributed by atoms with Gasteiger partial charge < -0.3 is 10.2 Å². The standard InChI is InChI=1S/C22H21N3O4S/c1-25(2)22(27)17-7-6-10-19(15-17)23-21(26)16-11-13-20(14-12-16)30(28,29)24-18-8-4-3-5-9-18/h3-15,24H,1-2H3,(H,23,26). The minimum Gasteiger partial charge on any atom is -0.345 e. The summed E-state index contributed by atoms with van der Waals surface area (Å²) in [4.78, 5) is 26.1. The Bertz CT molecular complexity index is 1160. The molecule has 0 saturated carbocycles. The third kappa shape index (κ3) is 5.03. The SMILES string of the molecule is CN(C)C(=O)c1cccc(NC(=O)c2ccc(S(=O)(=O)Nc3ccccc3)cc2)c1. The highest BCUT2D eigenvalue weighted by Crippen LogP contribution is 2.18. The number of nitrogens with one attached hydrogen (secondary N) is 2. The van der Waals surface area contributed by atoms with Crippen molar-refractivity contribution >= 4 is 33.2 Å². The van der Waals surface area contributed by atoms with Gasteiger partial charge >= 0.3 is 0 Å². The Morgan fingerprint density at radius 2 is 1.40 bits per heavy atom. The van der Waals surface area contributed by atoms with Gasteiger partial charge in [-0.2, -0.15) is 0 Å². The van der Waals surface area contributed by atoms with Gasteiger partial charge in [-0.25, -0.2) is 8.42 Å². The predicted octanol–water partition coefficient (Wildman–Crippen LogP) is 3.44. The van der Waals surface area contributed by atoms with E-state index in [1.54, 1.807) is 68.7 Å². The average Bonchev–Trinajstić information content (AvgIpc) is 2.74. The van der Waals surface area contributed by atoms with Crippen LogP contribution in [0.15, 0.2) is 83.8 Å². The molecule has 0 bridgehead atoms. The van der Waals surface area contributed by atoms with E-state index in [9.17, 15) is 18.0 Å². The van der Waals surface area contributed by atoms with Crippen molar-refractivity contribution in [3.63, 3.8) is 0 Å². The van der Waals surface area contributed by atoms with Gasteiger partial charge in [-0.3, -0.25) is 14.3 Å². The number of benzene rings is 3. The number of para-hydroxylation sites is 1. The Hall–Kier alpha value is -3.65. The zero-order chi connectivity index (χ0) is 21.7. The van der Waals surface area contributed by atoms with Crippen molar-refractivity contribution in [2.45, 2.75) is 4.90 Å². The van der Waals surface area contributed by atoms with Crippen LogP contribution in [0.1, 0.15) is 20.7 Å². The predicted molar refractivity (Wildman–Crippen MR) is 116 cm³/mol. The Morgan fingerprint density at radius 3 is 2.03 bits per heavy atom. The first-order chi connectivity index (χ1) is 14.3. The number of hydrogen-bond acceptors (Lipinski definition) is 4. The molecule has 0 heterocycles. The molecule has 7 nitrogen and oxygen atoms in total. The van der Waals surface area contributed by atoms with E-state index in [2.05, 4.69) is 10.0 Å². The van der Waals surface area contributed by atoms with E-state index in [4.69, 9.17) is 0 Å². The average molecular weight is 423 g/mol. The first-order valence-corrected chi connectivity index (χ1v) is 10.6. The van der Waals surface area contributed by atoms with Crippen LogP contribution < -0.4 is 10.0 Å². The Balaban J connectivity index is 1.73. The summed E-state index contributed by atoms with van der Waals surface area (Å²) >= 11 is 0. The lowest BCUT2D eigenvalue weighted by atomic mass is 10.1. The normalized spacial score (nSPS) is 10.9. The third-order valence-corrected chi connectivity index (χ3v) is 5.62. The second-order valence-electron chi connectivity index (χ2n) is 6.73. The number of sulfonamides is 1. The van der Waals surface area contributed by atoms with E-state index < -0.39 is 15.9 Å². The van der Waals surface area contributed by atoms with Gasteiger partial charge in [-0.1, -0.05) is 24.3 Å². The molecule has 0 aliphatic rings. The summed E-state index contributed by atoms with van der Waals surface area (Å²) in [5.74, 6) is -0.587. The van der Waals surface area contributed by atoms with Crippen LogP contribution in [0.5, 0.6) is 0 Å². The molecule has 0 aromatic heterocycles. The van der Waals surface area contributed by atoms with E-state index in [1.807, 2.05) is 0 Å². The summed E-state index contributed by atoms with van der Waals surface area (Å²) in [6.07, 6.45) is 0. The minimum atomic E-state index is -3.76. The Labute approximate surface area is 175 Å². The number of amides is 2. The van der Waals surface area contributed by atoms with Crippen LogP contribution in [0.25, 0.3) is 0 Å². The highest BCUT2D eigenvalue weighted by atomic mass is 32.2. The monoisotopic (exact) mass is 423 g/mol. The highest BCUT2D eigenvalue weighted by molar-refractivity contribution is 7.92. The molecule has 2 amide bonds. The van der Waals surface area contributed by atoms with E-state index in [1.165, 1.54) is 29.2 Å². The second kappa shape index (κ2) is 8.79. The maximum Gasteiger partial charge on any atom is 0.261 e. The van der Waals surface area contributed by atoms with Crippen LogP contribution in [0.2, 0.25) is 0 Å². The number of rotatable bonds is 6. The quantitative estimate of drug-likeness (QED) is 0.635. The van der Waals surface area contributed by atoms with Crippen molar-refractivity contribution in [1.82, 2.24) is 4.90 Å². The third-order valence-electron chi connectivity index (χ3n) is 4.23. The summed E-state index contributed by atoms with van der Waals surface area (Å²) in [6.45, 7) is 0. The van der Waals surface area contributed by atoms with Crippen molar-refractivity contribution in [2.75, 3.05) is 24.1 Å². The lowest BCUT2D eigenvalue weighted by Crippen LogP contribution is -2.22. The fourth-order valence-corrected chi connectivity index (χ4v) is 3.76. The number of anilines is 2. The van der Waals surface area contributed by atoms with Gasteiger partial charge in [0, 0.05) is 36.6 Å². The van der Waals surface area contributed by atoms with Gasteiger partial charge in [0.05, 0.1) is 4.90 Å². The fourth-order valence-electron chi connectivity index (χ4n) is 2.70. The zero-order valence-electron chi connectivity index (χ0n) is 16.5. The molecule has 0 aliphatic heterocycles. The molecule has 0 saturated heterocycles. The molecular formula is C22H21N3O4S. The fraction of sp³-hybridized carbons (Fsp3) is 0.0909. The van der Waals surface area contributed by atoms with Gasteiger partial charge in [0.2, 0.25) is 0 Å². The van der Waals surface area contributed by atoms with Crippen LogP contribution in [0.4, 0.5) is 11.4 Å². The molecule has 8 heteroatoms. The molecule has 30 heavy (non-hydrogen) atoms. The Kier molecular flexibility index (Phi) is 6.17. The number of hydrogen-bond donors (Lipinski definition) is 2. The maximum atomic E-state index is 12.5. The maximum absolute atomic E-state index is 12.5. The number of nitrogens with zero attached hydrogens (tertiary/aromatic N) is 1. The van der Waals surface area contributed by atoms with Gasteiger partial charge in [0.15, 0.2) is 0 Å². The summed E-state index contributed by atoms with van der Waals surface area (Å²) in [5, 5.41) is 2.72. The van der Waals surface area contributed by atoms with Crippen molar-refractivity contribution in [1.29, 1.82) is 0 Å². The van der Waals surface area contributed by atoms with Crippen LogP contribution in [-0.2, 0) is 10.0 Å². The van der Waals surface area contributed by atoms with Crippen LogP contribution in [-0.4, -0.2) is 39.2 Å². The van der Waals surface area contributed by atoms with Crippen molar-refractivity contribution in [3.05, 3.63) is 90.0 Å². The van der Waals surface area contributed by atoms with Gasteiger partial charge in [-0.05, 0) is 54.6 Å². The molecule has 3 aromatic rings. The molecule has 0 radical (unpaired) electrons. The molecule has 2 N–H and O–H groups in total. The number of carbonyl (C=O) groups excluding carboxylic acids is 2. The van der Waals surface area contributed by atoms with Gasteiger partial charge in [0.1, 0.15) is 0 Å². The van der Waals surface area contributed by atoms with E-state index >= 15 is 0 Å². The van der Waals surface area contributed by atoms with Crippen LogP contribution in [0, 0.1) is 0 Å². The smallest absolute Gasteiger partial charge is 0.261 e. The molecule has 0 unspecified atom stereocenters. The molecule has 0 atom stereocenters. The molecule has 0 spiro atoms. The van der Waals surface area contributed by atoms with Gasteiger partial charge in [-0.15, -0.1) is 0 Å². The minimum absolute atomic E-state index is 0.0430. The molecular weight excluding hydrogens is 402 g/mol. The van der Waals surface area contributed by atoms with Crippen LogP contribution in [0.3, 0.4) is 0 Å². The van der Waals surface area contributed by atoms with E-state index in [0.717, 1.165) is 0 Å². The largest absolute Gasteiger partial charge is 0.345 e. The summed E-state index contributed by atoms with van der Waals surface area (Å²) < 4.78 is 27.4. The number of carbonyl (C=O) groups is 2. The van der Waals surface area contributed by atoms with Gasteiger partial charge in [0.25, 0.3) is 21.8 Å². The second-order valence-corrected chi connectivity index (χ2v) is 8.41. The lowest BCUT2D eigenvalue weighted by Gasteiger charge is -2.12. The van der Waals surface area contributed by atoms with E-state index in [0.29, 0.717) is 16.9 Å². The van der Waals surface area contributed by atoms with E-state index in [-0.39, 0.29) is 16.4 Å². The molecule has 0 fully saturated rings. The zero-order valence-corrected chi connectivity index (χ0v) is 17.3. The molecule has 0 aliphatic carbocycles. The first kappa shape index (κ1) is 21.1. The highest BCUT2D eigenvalue weighted by Gasteiger charge is 2.16. The van der Waals surface area contributed by atoms with Crippen molar-refractivity contribution in [2.24, 2.45) is 0 Å².